The van der Waals surface area contributed by atoms with Crippen LogP contribution in [-0.4, -0.2) is 17.4 Å². The lowest BCUT2D eigenvalue weighted by Gasteiger charge is -2.07. The fraction of sp³-hybridized carbons (Fsp3) is 0.0667. The molecule has 0 radical (unpaired) electrons. The van der Waals surface area contributed by atoms with Crippen LogP contribution >= 0.6 is 0 Å². The van der Waals surface area contributed by atoms with Gasteiger partial charge in [-0.3, -0.25) is 9.78 Å². The Kier molecular flexibility index (Phi) is 4.59. The van der Waals surface area contributed by atoms with Crippen molar-refractivity contribution in [3.63, 3.8) is 0 Å². The molecule has 0 fully saturated rings. The first-order valence-electron chi connectivity index (χ1n) is 6.01. The fourth-order valence-electron chi connectivity index (χ4n) is 1.60. The second-order valence-electron chi connectivity index (χ2n) is 4.01. The standard InChI is InChI=1S/C15H11F2N3O/c16-12-4-3-10(2-1-6-18)8-11(12)15(21)20-14-5-7-19-9-13(14)17/h3-5,7-9H,6,18H2,(H,19,20,21). The Labute approximate surface area is 120 Å². The molecule has 2 rings (SSSR count). The van der Waals surface area contributed by atoms with Crippen molar-refractivity contribution < 1.29 is 13.6 Å². The molecular weight excluding hydrogens is 276 g/mol. The van der Waals surface area contributed by atoms with Gasteiger partial charge in [0.25, 0.3) is 5.91 Å². The summed E-state index contributed by atoms with van der Waals surface area (Å²) >= 11 is 0. The van der Waals surface area contributed by atoms with Crippen LogP contribution in [0.5, 0.6) is 0 Å². The van der Waals surface area contributed by atoms with Crippen LogP contribution in [0.3, 0.4) is 0 Å². The Hall–Kier alpha value is -2.78. The van der Waals surface area contributed by atoms with Crippen LogP contribution in [-0.2, 0) is 0 Å². The first-order chi connectivity index (χ1) is 10.1. The highest BCUT2D eigenvalue weighted by Gasteiger charge is 2.14. The van der Waals surface area contributed by atoms with Crippen molar-refractivity contribution in [1.82, 2.24) is 4.98 Å². The van der Waals surface area contributed by atoms with Gasteiger partial charge in [-0.1, -0.05) is 11.8 Å². The topological polar surface area (TPSA) is 68.0 Å². The normalized spacial score (nSPS) is 9.67. The lowest BCUT2D eigenvalue weighted by Crippen LogP contribution is -2.15. The van der Waals surface area contributed by atoms with Crippen molar-refractivity contribution in [2.45, 2.75) is 0 Å². The first-order valence-corrected chi connectivity index (χ1v) is 6.01. The number of aromatic nitrogens is 1. The number of halogens is 2. The molecule has 1 aromatic carbocycles. The molecular formula is C15H11F2N3O. The van der Waals surface area contributed by atoms with Gasteiger partial charge in [0.1, 0.15) is 5.82 Å². The minimum Gasteiger partial charge on any atom is -0.320 e. The zero-order chi connectivity index (χ0) is 15.2. The predicted octanol–water partition coefficient (Wildman–Crippen LogP) is 1.92. The third-order valence-corrected chi connectivity index (χ3v) is 2.57. The average Bonchev–Trinajstić information content (AvgIpc) is 2.48. The number of hydrogen-bond donors (Lipinski definition) is 2. The van der Waals surface area contributed by atoms with Gasteiger partial charge in [-0.2, -0.15) is 0 Å². The minimum atomic E-state index is -0.769. The summed E-state index contributed by atoms with van der Waals surface area (Å²) in [6, 6.07) is 5.12. The van der Waals surface area contributed by atoms with Gasteiger partial charge < -0.3 is 11.1 Å². The van der Waals surface area contributed by atoms with Gasteiger partial charge in [-0.25, -0.2) is 8.78 Å². The van der Waals surface area contributed by atoms with Crippen molar-refractivity contribution in [3.05, 3.63) is 59.4 Å². The van der Waals surface area contributed by atoms with Gasteiger partial charge >= 0.3 is 0 Å². The third-order valence-electron chi connectivity index (χ3n) is 2.57. The molecule has 0 spiro atoms. The Balaban J connectivity index is 2.28. The highest BCUT2D eigenvalue weighted by molar-refractivity contribution is 6.04. The summed E-state index contributed by atoms with van der Waals surface area (Å²) in [6.45, 7) is 0.154. The van der Waals surface area contributed by atoms with Crippen LogP contribution < -0.4 is 11.1 Å². The summed E-state index contributed by atoms with van der Waals surface area (Å²) in [5.41, 5.74) is 5.39. The molecule has 0 aliphatic rings. The number of carbonyl (C=O) groups excluding carboxylic acids is 1. The van der Waals surface area contributed by atoms with Crippen molar-refractivity contribution >= 4 is 11.6 Å². The molecule has 1 aromatic heterocycles. The SMILES string of the molecule is NCC#Cc1ccc(F)c(C(=O)Nc2ccncc2F)c1. The van der Waals surface area contributed by atoms with Crippen LogP contribution in [0.1, 0.15) is 15.9 Å². The molecule has 0 saturated carbocycles. The summed E-state index contributed by atoms with van der Waals surface area (Å²) in [4.78, 5) is 15.6. The van der Waals surface area contributed by atoms with Gasteiger partial charge in [-0.05, 0) is 24.3 Å². The average molecular weight is 287 g/mol. The second-order valence-corrected chi connectivity index (χ2v) is 4.01. The van der Waals surface area contributed by atoms with Crippen LogP contribution in [0.15, 0.2) is 36.7 Å². The maximum absolute atomic E-state index is 13.7. The summed E-state index contributed by atoms with van der Waals surface area (Å²) in [6.07, 6.45) is 2.27. The van der Waals surface area contributed by atoms with Gasteiger partial charge in [-0.15, -0.1) is 0 Å². The number of nitrogens with zero attached hydrogens (tertiary/aromatic N) is 1. The van der Waals surface area contributed by atoms with E-state index in [4.69, 9.17) is 5.73 Å². The Morgan fingerprint density at radius 2 is 2.10 bits per heavy atom. The number of amides is 1. The number of carbonyl (C=O) groups is 1. The van der Waals surface area contributed by atoms with Gasteiger partial charge in [0.2, 0.25) is 0 Å². The second kappa shape index (κ2) is 6.59. The van der Waals surface area contributed by atoms with Gasteiger partial charge in [0.15, 0.2) is 5.82 Å². The van der Waals surface area contributed by atoms with E-state index in [1.807, 2.05) is 0 Å². The number of hydrogen-bond acceptors (Lipinski definition) is 3. The molecule has 4 nitrogen and oxygen atoms in total. The third kappa shape index (κ3) is 3.61. The number of benzene rings is 1. The van der Waals surface area contributed by atoms with E-state index in [2.05, 4.69) is 22.1 Å². The molecule has 0 aliphatic heterocycles. The van der Waals surface area contributed by atoms with E-state index in [0.29, 0.717) is 5.56 Å². The molecule has 3 N–H and O–H groups in total. The highest BCUT2D eigenvalue weighted by atomic mass is 19.1. The fourth-order valence-corrected chi connectivity index (χ4v) is 1.60. The summed E-state index contributed by atoms with van der Waals surface area (Å²) < 4.78 is 27.1. The van der Waals surface area contributed by atoms with Crippen molar-refractivity contribution in [2.24, 2.45) is 5.73 Å². The van der Waals surface area contributed by atoms with Crippen LogP contribution in [0.25, 0.3) is 0 Å². The molecule has 0 bridgehead atoms. The molecule has 0 saturated heterocycles. The van der Waals surface area contributed by atoms with E-state index in [0.717, 1.165) is 12.3 Å². The molecule has 1 amide bonds. The quantitative estimate of drug-likeness (QED) is 0.829. The monoisotopic (exact) mass is 287 g/mol. The number of nitrogens with two attached hydrogens (primary N) is 1. The minimum absolute atomic E-state index is 0.0761. The van der Waals surface area contributed by atoms with Gasteiger partial charge in [0, 0.05) is 11.8 Å². The summed E-state index contributed by atoms with van der Waals surface area (Å²) in [7, 11) is 0. The van der Waals surface area contributed by atoms with E-state index in [1.165, 1.54) is 24.4 Å². The molecule has 1 heterocycles. The van der Waals surface area contributed by atoms with E-state index >= 15 is 0 Å². The molecule has 0 atom stereocenters. The maximum atomic E-state index is 13.7. The zero-order valence-electron chi connectivity index (χ0n) is 10.9. The first kappa shape index (κ1) is 14.6. The number of nitrogens with one attached hydrogen (secondary N) is 1. The smallest absolute Gasteiger partial charge is 0.258 e. The molecule has 2 aromatic rings. The number of pyridine rings is 1. The lowest BCUT2D eigenvalue weighted by molar-refractivity contribution is 0.102. The van der Waals surface area contributed by atoms with E-state index < -0.39 is 17.5 Å². The van der Waals surface area contributed by atoms with Crippen LogP contribution in [0.2, 0.25) is 0 Å². The molecule has 0 unspecified atom stereocenters. The summed E-state index contributed by atoms with van der Waals surface area (Å²) in [5, 5.41) is 2.28. The molecule has 6 heteroatoms. The van der Waals surface area contributed by atoms with Gasteiger partial charge in [0.05, 0.1) is 24.0 Å². The molecule has 0 aliphatic carbocycles. The highest BCUT2D eigenvalue weighted by Crippen LogP contribution is 2.15. The summed E-state index contributed by atoms with van der Waals surface area (Å²) in [5.74, 6) is 3.11. The van der Waals surface area contributed by atoms with E-state index in [1.54, 1.807) is 0 Å². The predicted molar refractivity (Wildman–Crippen MR) is 74.5 cm³/mol. The zero-order valence-corrected chi connectivity index (χ0v) is 10.9. The Morgan fingerprint density at radius 1 is 1.29 bits per heavy atom. The van der Waals surface area contributed by atoms with Crippen molar-refractivity contribution in [2.75, 3.05) is 11.9 Å². The number of rotatable bonds is 2. The largest absolute Gasteiger partial charge is 0.320 e. The Bertz CT molecular complexity index is 735. The van der Waals surface area contributed by atoms with E-state index in [9.17, 15) is 13.6 Å². The van der Waals surface area contributed by atoms with Crippen LogP contribution in [0, 0.1) is 23.5 Å². The Morgan fingerprint density at radius 3 is 2.81 bits per heavy atom. The molecule has 106 valence electrons. The van der Waals surface area contributed by atoms with E-state index in [-0.39, 0.29) is 17.8 Å². The molecule has 21 heavy (non-hydrogen) atoms. The number of anilines is 1. The van der Waals surface area contributed by atoms with Crippen molar-refractivity contribution in [3.8, 4) is 11.8 Å². The van der Waals surface area contributed by atoms with Crippen molar-refractivity contribution in [1.29, 1.82) is 0 Å². The maximum Gasteiger partial charge on any atom is 0.258 e. The lowest BCUT2D eigenvalue weighted by atomic mass is 10.1. The van der Waals surface area contributed by atoms with Crippen LogP contribution in [0.4, 0.5) is 14.5 Å².